The number of carbonyl (C=O) groups is 1. The molecule has 0 bridgehead atoms. The Morgan fingerprint density at radius 3 is 2.48 bits per heavy atom. The number of benzene rings is 1. The lowest BCUT2D eigenvalue weighted by molar-refractivity contribution is 0.0880. The average Bonchev–Trinajstić information content (AvgIpc) is 2.93. The van der Waals surface area contributed by atoms with Crippen molar-refractivity contribution >= 4 is 5.91 Å². The highest BCUT2D eigenvalue weighted by molar-refractivity contribution is 5.95. The van der Waals surface area contributed by atoms with E-state index in [1.54, 1.807) is 6.20 Å². The van der Waals surface area contributed by atoms with Crippen LogP contribution < -0.4 is 5.32 Å². The Kier molecular flexibility index (Phi) is 4.51. The molecule has 4 nitrogen and oxygen atoms in total. The van der Waals surface area contributed by atoms with E-state index in [0.717, 1.165) is 11.4 Å². The second kappa shape index (κ2) is 6.57. The van der Waals surface area contributed by atoms with E-state index in [0.29, 0.717) is 17.4 Å². The zero-order valence-electron chi connectivity index (χ0n) is 14.1. The fourth-order valence-electron chi connectivity index (χ4n) is 3.66. The van der Waals surface area contributed by atoms with Gasteiger partial charge in [0.15, 0.2) is 0 Å². The van der Waals surface area contributed by atoms with Crippen molar-refractivity contribution in [1.82, 2.24) is 15.1 Å². The number of hydrogen-bond donors (Lipinski definition) is 1. The SMILES string of the molecule is Cc1c(C(=O)NC2C(C)CCCC2C)cnn1-c1ccccc1. The van der Waals surface area contributed by atoms with E-state index in [4.69, 9.17) is 0 Å². The molecule has 1 aromatic carbocycles. The summed E-state index contributed by atoms with van der Waals surface area (Å²) in [5.41, 5.74) is 2.52. The van der Waals surface area contributed by atoms with Crippen LogP contribution in [0.1, 0.15) is 49.2 Å². The summed E-state index contributed by atoms with van der Waals surface area (Å²) in [5, 5.41) is 7.64. The third-order valence-corrected chi connectivity index (χ3v) is 5.10. The molecule has 0 aliphatic heterocycles. The molecule has 0 spiro atoms. The van der Waals surface area contributed by atoms with Gasteiger partial charge in [-0.05, 0) is 43.7 Å². The fraction of sp³-hybridized carbons (Fsp3) is 0.474. The molecule has 1 fully saturated rings. The van der Waals surface area contributed by atoms with E-state index in [1.165, 1.54) is 19.3 Å². The maximum absolute atomic E-state index is 12.7. The van der Waals surface area contributed by atoms with Crippen molar-refractivity contribution in [3.8, 4) is 5.69 Å². The maximum atomic E-state index is 12.7. The average molecular weight is 311 g/mol. The van der Waals surface area contributed by atoms with Crippen LogP contribution >= 0.6 is 0 Å². The number of rotatable bonds is 3. The summed E-state index contributed by atoms with van der Waals surface area (Å²) < 4.78 is 1.82. The van der Waals surface area contributed by atoms with Crippen LogP contribution in [0.25, 0.3) is 5.69 Å². The molecule has 1 amide bonds. The molecule has 1 aromatic heterocycles. The van der Waals surface area contributed by atoms with Crippen LogP contribution in [-0.4, -0.2) is 21.7 Å². The van der Waals surface area contributed by atoms with E-state index in [1.807, 2.05) is 41.9 Å². The summed E-state index contributed by atoms with van der Waals surface area (Å²) in [6, 6.07) is 10.2. The van der Waals surface area contributed by atoms with Crippen molar-refractivity contribution in [3.05, 3.63) is 47.8 Å². The van der Waals surface area contributed by atoms with Gasteiger partial charge in [-0.3, -0.25) is 4.79 Å². The first-order valence-electron chi connectivity index (χ1n) is 8.49. The predicted molar refractivity (Wildman–Crippen MR) is 91.7 cm³/mol. The first-order chi connectivity index (χ1) is 11.1. The molecule has 3 rings (SSSR count). The number of nitrogens with one attached hydrogen (secondary N) is 1. The lowest BCUT2D eigenvalue weighted by Crippen LogP contribution is -2.45. The second-order valence-corrected chi connectivity index (χ2v) is 6.78. The molecular formula is C19H25N3O. The fourth-order valence-corrected chi connectivity index (χ4v) is 3.66. The molecule has 1 saturated carbocycles. The van der Waals surface area contributed by atoms with E-state index >= 15 is 0 Å². The molecule has 0 saturated heterocycles. The van der Waals surface area contributed by atoms with Gasteiger partial charge in [0, 0.05) is 6.04 Å². The standard InChI is InChI=1S/C19H25N3O/c1-13-8-7-9-14(2)18(13)21-19(23)17-12-20-22(15(17)3)16-10-5-4-6-11-16/h4-6,10-14,18H,7-9H2,1-3H3,(H,21,23). The maximum Gasteiger partial charge on any atom is 0.254 e. The minimum Gasteiger partial charge on any atom is -0.349 e. The molecule has 23 heavy (non-hydrogen) atoms. The van der Waals surface area contributed by atoms with Gasteiger partial charge in [0.2, 0.25) is 0 Å². The molecule has 1 heterocycles. The molecule has 2 unspecified atom stereocenters. The molecular weight excluding hydrogens is 286 g/mol. The van der Waals surface area contributed by atoms with Gasteiger partial charge in [-0.25, -0.2) is 4.68 Å². The smallest absolute Gasteiger partial charge is 0.254 e. The number of nitrogens with zero attached hydrogens (tertiary/aromatic N) is 2. The number of amides is 1. The van der Waals surface area contributed by atoms with Gasteiger partial charge in [-0.15, -0.1) is 0 Å². The van der Waals surface area contributed by atoms with Crippen LogP contribution in [0.3, 0.4) is 0 Å². The Bertz CT molecular complexity index is 667. The molecule has 4 heteroatoms. The van der Waals surface area contributed by atoms with E-state index in [-0.39, 0.29) is 11.9 Å². The van der Waals surface area contributed by atoms with Crippen molar-refractivity contribution in [3.63, 3.8) is 0 Å². The predicted octanol–water partition coefficient (Wildman–Crippen LogP) is 3.74. The van der Waals surface area contributed by atoms with Crippen molar-refractivity contribution in [2.75, 3.05) is 0 Å². The Balaban J connectivity index is 1.79. The number of para-hydroxylation sites is 1. The zero-order valence-corrected chi connectivity index (χ0v) is 14.1. The summed E-state index contributed by atoms with van der Waals surface area (Å²) in [7, 11) is 0. The van der Waals surface area contributed by atoms with Crippen LogP contribution in [0.2, 0.25) is 0 Å². The molecule has 0 radical (unpaired) electrons. The third-order valence-electron chi connectivity index (χ3n) is 5.10. The largest absolute Gasteiger partial charge is 0.349 e. The molecule has 2 aromatic rings. The van der Waals surface area contributed by atoms with E-state index in [2.05, 4.69) is 24.3 Å². The van der Waals surface area contributed by atoms with E-state index < -0.39 is 0 Å². The molecule has 2 atom stereocenters. The number of aromatic nitrogens is 2. The third kappa shape index (κ3) is 3.16. The van der Waals surface area contributed by atoms with E-state index in [9.17, 15) is 4.79 Å². The number of hydrogen-bond acceptors (Lipinski definition) is 2. The van der Waals surface area contributed by atoms with Crippen LogP contribution in [-0.2, 0) is 0 Å². The van der Waals surface area contributed by atoms with Crippen molar-refractivity contribution in [2.24, 2.45) is 11.8 Å². The Hall–Kier alpha value is -2.10. The van der Waals surface area contributed by atoms with Gasteiger partial charge < -0.3 is 5.32 Å². The highest BCUT2D eigenvalue weighted by atomic mass is 16.1. The van der Waals surface area contributed by atoms with Crippen LogP contribution in [0.4, 0.5) is 0 Å². The van der Waals surface area contributed by atoms with Crippen LogP contribution in [0, 0.1) is 18.8 Å². The summed E-state index contributed by atoms with van der Waals surface area (Å²) in [6.45, 7) is 6.42. The van der Waals surface area contributed by atoms with Gasteiger partial charge in [-0.1, -0.05) is 38.5 Å². The molecule has 1 aliphatic carbocycles. The van der Waals surface area contributed by atoms with Crippen molar-refractivity contribution in [1.29, 1.82) is 0 Å². The second-order valence-electron chi connectivity index (χ2n) is 6.78. The monoisotopic (exact) mass is 311 g/mol. The first-order valence-corrected chi connectivity index (χ1v) is 8.49. The highest BCUT2D eigenvalue weighted by Gasteiger charge is 2.30. The van der Waals surface area contributed by atoms with Crippen molar-refractivity contribution < 1.29 is 4.79 Å². The topological polar surface area (TPSA) is 46.9 Å². The van der Waals surface area contributed by atoms with Gasteiger partial charge >= 0.3 is 0 Å². The Labute approximate surface area is 137 Å². The highest BCUT2D eigenvalue weighted by Crippen LogP contribution is 2.29. The van der Waals surface area contributed by atoms with Crippen LogP contribution in [0.5, 0.6) is 0 Å². The molecule has 1 N–H and O–H groups in total. The minimum atomic E-state index is -0.00437. The lowest BCUT2D eigenvalue weighted by Gasteiger charge is -2.35. The Morgan fingerprint density at radius 2 is 1.83 bits per heavy atom. The van der Waals surface area contributed by atoms with Crippen LogP contribution in [0.15, 0.2) is 36.5 Å². The minimum absolute atomic E-state index is 0.00437. The van der Waals surface area contributed by atoms with Gasteiger partial charge in [0.1, 0.15) is 0 Å². The van der Waals surface area contributed by atoms with Gasteiger partial charge in [-0.2, -0.15) is 5.10 Å². The number of carbonyl (C=O) groups excluding carboxylic acids is 1. The summed E-state index contributed by atoms with van der Waals surface area (Å²) >= 11 is 0. The first kappa shape index (κ1) is 15.8. The quantitative estimate of drug-likeness (QED) is 0.938. The normalized spacial score (nSPS) is 24.4. The molecule has 122 valence electrons. The summed E-state index contributed by atoms with van der Waals surface area (Å²) in [6.07, 6.45) is 5.32. The van der Waals surface area contributed by atoms with Crippen molar-refractivity contribution in [2.45, 2.75) is 46.1 Å². The summed E-state index contributed by atoms with van der Waals surface area (Å²) in [4.78, 5) is 12.7. The summed E-state index contributed by atoms with van der Waals surface area (Å²) in [5.74, 6) is 1.06. The molecule has 1 aliphatic rings. The Morgan fingerprint density at radius 1 is 1.17 bits per heavy atom. The van der Waals surface area contributed by atoms with Gasteiger partial charge in [0.25, 0.3) is 5.91 Å². The lowest BCUT2D eigenvalue weighted by atomic mass is 9.78. The zero-order chi connectivity index (χ0) is 16.4. The van der Waals surface area contributed by atoms with Gasteiger partial charge in [0.05, 0.1) is 23.1 Å².